The van der Waals surface area contributed by atoms with E-state index in [0.29, 0.717) is 74.5 Å². The van der Waals surface area contributed by atoms with Gasteiger partial charge < -0.3 is 59.8 Å². The lowest BCUT2D eigenvalue weighted by Gasteiger charge is -2.12. The van der Waals surface area contributed by atoms with Crippen LogP contribution in [0.5, 0.6) is 0 Å². The summed E-state index contributed by atoms with van der Waals surface area (Å²) in [6.45, 7) is -1.43. The van der Waals surface area contributed by atoms with Gasteiger partial charge in [-0.3, -0.25) is 0 Å². The fraction of sp³-hybridized carbons (Fsp3) is 0.393. The molecule has 0 aromatic heterocycles. The highest BCUT2D eigenvalue weighted by Gasteiger charge is 2.19. The summed E-state index contributed by atoms with van der Waals surface area (Å²) in [6, 6.07) is 32.5. The second-order valence-electron chi connectivity index (χ2n) is 17.5. The smallest absolute Gasteiger partial charge is 0.338 e. The van der Waals surface area contributed by atoms with Crippen molar-refractivity contribution in [3.05, 3.63) is 131 Å². The maximum atomic E-state index is 13.2. The lowest BCUT2D eigenvalue weighted by molar-refractivity contribution is 0.0346. The van der Waals surface area contributed by atoms with E-state index in [2.05, 4.69) is 0 Å². The molecule has 0 spiro atoms. The largest absolute Gasteiger partial charge is 0.462 e. The van der Waals surface area contributed by atoms with E-state index in [-0.39, 0.29) is 74.9 Å². The highest BCUT2D eigenvalue weighted by Crippen LogP contribution is 2.31. The number of carbonyl (C=O) groups is 4. The Morgan fingerprint density at radius 3 is 0.778 bits per heavy atom. The van der Waals surface area contributed by atoms with Crippen molar-refractivity contribution in [2.24, 2.45) is 0 Å². The first-order chi connectivity index (χ1) is 34.8. The zero-order chi connectivity index (χ0) is 51.8. The number of hydrogen-bond acceptors (Lipinski definition) is 16. The van der Waals surface area contributed by atoms with Crippen molar-refractivity contribution in [3.8, 4) is 44.5 Å². The molecule has 0 aliphatic rings. The number of aliphatic hydroxyl groups is 8. The molecule has 72 heavy (non-hydrogen) atoms. The SMILES string of the molecule is O=C(OCCCCC(O)CO)c1cc(C(=O)OCCCCC(O)CO)cc(-c2ccc(-c3ccc(-c4ccc(-c5cc(C(=O)OCCCCC(O)CO)cc(C(=O)OCCC(O)CO)c5)cc4)cc3)cc2)c1. The van der Waals surface area contributed by atoms with Gasteiger partial charge in [0.25, 0.3) is 0 Å². The number of benzene rings is 5. The molecule has 16 heteroatoms. The molecule has 386 valence electrons. The highest BCUT2D eigenvalue weighted by molar-refractivity contribution is 5.99. The Kier molecular flexibility index (Phi) is 23.5. The molecule has 0 bridgehead atoms. The molecular formula is C56H66O16. The zero-order valence-electron chi connectivity index (χ0n) is 40.3. The Morgan fingerprint density at radius 2 is 0.528 bits per heavy atom. The van der Waals surface area contributed by atoms with Crippen molar-refractivity contribution in [2.75, 3.05) is 52.9 Å². The lowest BCUT2D eigenvalue weighted by atomic mass is 9.95. The topological polar surface area (TPSA) is 267 Å². The molecule has 5 aromatic rings. The van der Waals surface area contributed by atoms with Crippen molar-refractivity contribution in [3.63, 3.8) is 0 Å². The second-order valence-corrected chi connectivity index (χ2v) is 17.5. The van der Waals surface area contributed by atoms with Crippen molar-refractivity contribution in [2.45, 2.75) is 88.6 Å². The quantitative estimate of drug-likeness (QED) is 0.0143. The summed E-state index contributed by atoms with van der Waals surface area (Å²) in [5.74, 6) is -2.64. The van der Waals surface area contributed by atoms with Crippen LogP contribution in [-0.2, 0) is 18.9 Å². The number of aliphatic hydroxyl groups excluding tert-OH is 8. The molecule has 0 saturated heterocycles. The summed E-state index contributed by atoms with van der Waals surface area (Å²) in [6.07, 6.45) is 0.577. The molecule has 16 nitrogen and oxygen atoms in total. The molecule has 8 N–H and O–H groups in total. The van der Waals surface area contributed by atoms with Gasteiger partial charge in [-0.05, 0) is 139 Å². The summed E-state index contributed by atoms with van der Waals surface area (Å²) < 4.78 is 21.8. The van der Waals surface area contributed by atoms with E-state index in [0.717, 1.165) is 27.8 Å². The summed E-state index contributed by atoms with van der Waals surface area (Å²) in [5.41, 5.74) is 6.76. The van der Waals surface area contributed by atoms with Crippen LogP contribution in [0.15, 0.2) is 109 Å². The van der Waals surface area contributed by atoms with E-state index in [4.69, 9.17) is 39.4 Å². The zero-order valence-corrected chi connectivity index (χ0v) is 40.3. The number of carbonyl (C=O) groups excluding carboxylic acids is 4. The lowest BCUT2D eigenvalue weighted by Crippen LogP contribution is -2.17. The molecule has 4 atom stereocenters. The minimum Gasteiger partial charge on any atom is -0.462 e. The molecule has 0 radical (unpaired) electrons. The molecular weight excluding hydrogens is 929 g/mol. The van der Waals surface area contributed by atoms with E-state index in [1.807, 2.05) is 72.8 Å². The molecule has 0 saturated carbocycles. The first kappa shape index (κ1) is 56.6. The van der Waals surface area contributed by atoms with Crippen molar-refractivity contribution < 1.29 is 79.0 Å². The van der Waals surface area contributed by atoms with Gasteiger partial charge >= 0.3 is 23.9 Å². The molecule has 0 amide bonds. The van der Waals surface area contributed by atoms with Crippen LogP contribution in [0.2, 0.25) is 0 Å². The van der Waals surface area contributed by atoms with Crippen LogP contribution in [0, 0.1) is 0 Å². The van der Waals surface area contributed by atoms with E-state index >= 15 is 0 Å². The van der Waals surface area contributed by atoms with Gasteiger partial charge in [0, 0.05) is 6.42 Å². The van der Waals surface area contributed by atoms with Gasteiger partial charge in [-0.15, -0.1) is 0 Å². The Balaban J connectivity index is 1.30. The monoisotopic (exact) mass is 994 g/mol. The van der Waals surface area contributed by atoms with Crippen LogP contribution in [0.3, 0.4) is 0 Å². The predicted octanol–water partition coefficient (Wildman–Crippen LogP) is 6.30. The Labute approximate surface area is 419 Å². The average Bonchev–Trinajstić information content (AvgIpc) is 3.41. The molecule has 0 fully saturated rings. The van der Waals surface area contributed by atoms with Gasteiger partial charge in [0.2, 0.25) is 0 Å². The third kappa shape index (κ3) is 18.1. The third-order valence-electron chi connectivity index (χ3n) is 11.8. The first-order valence-corrected chi connectivity index (χ1v) is 24.3. The van der Waals surface area contributed by atoms with Gasteiger partial charge in [-0.2, -0.15) is 0 Å². The predicted molar refractivity (Wildman–Crippen MR) is 268 cm³/mol. The van der Waals surface area contributed by atoms with Crippen LogP contribution in [0.25, 0.3) is 44.5 Å². The van der Waals surface area contributed by atoms with Gasteiger partial charge in [0.05, 0.1) is 99.5 Å². The average molecular weight is 995 g/mol. The normalized spacial score (nSPS) is 12.9. The Bertz CT molecular complexity index is 2420. The van der Waals surface area contributed by atoms with Gasteiger partial charge in [0.15, 0.2) is 0 Å². The van der Waals surface area contributed by atoms with Crippen LogP contribution in [-0.4, -0.2) is 142 Å². The fourth-order valence-corrected chi connectivity index (χ4v) is 7.55. The molecule has 0 aliphatic carbocycles. The van der Waals surface area contributed by atoms with Gasteiger partial charge in [-0.25, -0.2) is 19.2 Å². The van der Waals surface area contributed by atoms with E-state index in [1.54, 1.807) is 24.3 Å². The molecule has 0 heterocycles. The van der Waals surface area contributed by atoms with E-state index in [1.165, 1.54) is 12.1 Å². The number of hydrogen-bond donors (Lipinski definition) is 8. The van der Waals surface area contributed by atoms with Crippen LogP contribution in [0.1, 0.15) is 106 Å². The maximum absolute atomic E-state index is 13.2. The van der Waals surface area contributed by atoms with Crippen LogP contribution >= 0.6 is 0 Å². The van der Waals surface area contributed by atoms with Gasteiger partial charge in [-0.1, -0.05) is 72.8 Å². The van der Waals surface area contributed by atoms with Gasteiger partial charge in [0.1, 0.15) is 0 Å². The molecule has 5 aromatic carbocycles. The maximum Gasteiger partial charge on any atom is 0.338 e. The van der Waals surface area contributed by atoms with Crippen molar-refractivity contribution in [1.82, 2.24) is 0 Å². The standard InChI is InChI=1S/C56H66O16/c57-33-49(61)7-1-4-23-69-53(65)45-27-43(28-46(31-45)54(66)70-24-5-2-8-50(62)34-58)41-18-14-39(15-19-41)37-10-12-38(13-11-37)40-16-20-42(21-17-40)44-29-47(55(67)71-25-6-3-9-51(63)35-59)32-48(30-44)56(68)72-26-22-52(64)36-60/h10-21,27-32,49-52,57-64H,1-9,22-26,33-36H2. The van der Waals surface area contributed by atoms with E-state index in [9.17, 15) is 39.6 Å². The fourth-order valence-electron chi connectivity index (χ4n) is 7.55. The van der Waals surface area contributed by atoms with Crippen LogP contribution in [0.4, 0.5) is 0 Å². The van der Waals surface area contributed by atoms with Crippen LogP contribution < -0.4 is 0 Å². The minimum absolute atomic E-state index is 0.0299. The van der Waals surface area contributed by atoms with E-state index < -0.39 is 54.9 Å². The summed E-state index contributed by atoms with van der Waals surface area (Å²) in [7, 11) is 0. The summed E-state index contributed by atoms with van der Waals surface area (Å²) >= 11 is 0. The number of ether oxygens (including phenoxy) is 4. The summed E-state index contributed by atoms with van der Waals surface area (Å²) in [4.78, 5) is 52.7. The highest BCUT2D eigenvalue weighted by atomic mass is 16.5. The summed E-state index contributed by atoms with van der Waals surface area (Å²) in [5, 5.41) is 74.8. The Hall–Kier alpha value is -6.34. The second kappa shape index (κ2) is 29.9. The first-order valence-electron chi connectivity index (χ1n) is 24.3. The molecule has 5 rings (SSSR count). The minimum atomic E-state index is -1.05. The van der Waals surface area contributed by atoms with Crippen molar-refractivity contribution >= 4 is 23.9 Å². The Morgan fingerprint density at radius 1 is 0.306 bits per heavy atom. The molecule has 0 aliphatic heterocycles. The number of esters is 4. The van der Waals surface area contributed by atoms with Crippen molar-refractivity contribution in [1.29, 1.82) is 0 Å². The third-order valence-corrected chi connectivity index (χ3v) is 11.8. The number of unbranched alkanes of at least 4 members (excludes halogenated alkanes) is 3. The number of rotatable bonds is 30. The molecule has 4 unspecified atom stereocenters.